The zero-order chi connectivity index (χ0) is 18.7. The van der Waals surface area contributed by atoms with E-state index in [1.54, 1.807) is 12.0 Å². The average molecular weight is 372 g/mol. The Bertz CT molecular complexity index is 764. The number of methoxy groups -OCH3 is 1. The number of rotatable bonds is 5. The lowest BCUT2D eigenvalue weighted by Crippen LogP contribution is -2.43. The molecule has 138 valence electrons. The highest BCUT2D eigenvalue weighted by molar-refractivity contribution is 7.99. The maximum atomic E-state index is 13.0. The van der Waals surface area contributed by atoms with Gasteiger partial charge in [0.05, 0.1) is 18.0 Å². The van der Waals surface area contributed by atoms with Gasteiger partial charge in [-0.2, -0.15) is 0 Å². The van der Waals surface area contributed by atoms with Gasteiger partial charge < -0.3 is 19.6 Å². The molecule has 1 aliphatic heterocycles. The number of fused-ring (bicyclic) bond motifs is 1. The van der Waals surface area contributed by atoms with Crippen molar-refractivity contribution in [1.29, 1.82) is 0 Å². The second-order valence-corrected chi connectivity index (χ2v) is 7.70. The Kier molecular flexibility index (Phi) is 5.86. The van der Waals surface area contributed by atoms with Crippen molar-refractivity contribution in [3.05, 3.63) is 54.1 Å². The fraction of sp³-hybridized carbons (Fsp3) is 0.350. The maximum Gasteiger partial charge on any atom is 0.257 e. The number of aliphatic hydroxyl groups excluding tert-OH is 1. The van der Waals surface area contributed by atoms with Gasteiger partial charge in [-0.3, -0.25) is 4.79 Å². The minimum Gasteiger partial charge on any atom is -0.497 e. The van der Waals surface area contributed by atoms with Crippen molar-refractivity contribution in [2.75, 3.05) is 39.2 Å². The lowest BCUT2D eigenvalue weighted by Gasteiger charge is -2.26. The highest BCUT2D eigenvalue weighted by Gasteiger charge is 2.37. The van der Waals surface area contributed by atoms with Crippen molar-refractivity contribution in [3.63, 3.8) is 0 Å². The van der Waals surface area contributed by atoms with Crippen molar-refractivity contribution in [2.45, 2.75) is 16.2 Å². The van der Waals surface area contributed by atoms with Crippen LogP contribution in [0.2, 0.25) is 0 Å². The molecule has 2 aromatic rings. The van der Waals surface area contributed by atoms with Crippen molar-refractivity contribution in [2.24, 2.45) is 0 Å². The first-order valence-corrected chi connectivity index (χ1v) is 9.43. The molecule has 0 radical (unpaired) electrons. The number of hydrogen-bond acceptors (Lipinski definition) is 5. The van der Waals surface area contributed by atoms with E-state index in [0.29, 0.717) is 6.54 Å². The Morgan fingerprint density at radius 2 is 1.85 bits per heavy atom. The van der Waals surface area contributed by atoms with Crippen LogP contribution in [-0.4, -0.2) is 56.3 Å². The molecular weight excluding hydrogens is 348 g/mol. The number of para-hydroxylation sites is 1. The molecule has 1 N–H and O–H groups in total. The molecule has 0 saturated carbocycles. The van der Waals surface area contributed by atoms with E-state index >= 15 is 0 Å². The SMILES string of the molecule is COc1ccc([C@@H]2Sc3ccccc3N(CCN(C)C)C(=O)[C@@H]2O)cc1. The van der Waals surface area contributed by atoms with Crippen LogP contribution in [0.4, 0.5) is 5.69 Å². The Morgan fingerprint density at radius 3 is 2.50 bits per heavy atom. The number of hydrogen-bond donors (Lipinski definition) is 1. The molecule has 0 fully saturated rings. The fourth-order valence-corrected chi connectivity index (χ4v) is 4.23. The molecule has 2 atom stereocenters. The number of carbonyl (C=O) groups excluding carboxylic acids is 1. The van der Waals surface area contributed by atoms with Gasteiger partial charge in [0, 0.05) is 18.0 Å². The molecule has 2 aromatic carbocycles. The molecule has 1 heterocycles. The van der Waals surface area contributed by atoms with E-state index in [-0.39, 0.29) is 11.2 Å². The Labute approximate surface area is 158 Å². The third-order valence-corrected chi connectivity index (χ3v) is 5.81. The van der Waals surface area contributed by atoms with E-state index < -0.39 is 6.10 Å². The average Bonchev–Trinajstić information content (AvgIpc) is 2.76. The lowest BCUT2D eigenvalue weighted by molar-refractivity contribution is -0.126. The van der Waals surface area contributed by atoms with Gasteiger partial charge in [0.2, 0.25) is 0 Å². The quantitative estimate of drug-likeness (QED) is 0.875. The number of benzene rings is 2. The molecule has 0 unspecified atom stereocenters. The van der Waals surface area contributed by atoms with E-state index in [2.05, 4.69) is 0 Å². The minimum absolute atomic E-state index is 0.259. The van der Waals surface area contributed by atoms with Crippen LogP contribution >= 0.6 is 11.8 Å². The van der Waals surface area contributed by atoms with E-state index in [1.165, 1.54) is 11.8 Å². The summed E-state index contributed by atoms with van der Waals surface area (Å²) in [5.74, 6) is 0.492. The first kappa shape index (κ1) is 18.8. The van der Waals surface area contributed by atoms with Crippen molar-refractivity contribution < 1.29 is 14.6 Å². The Morgan fingerprint density at radius 1 is 1.15 bits per heavy atom. The molecule has 0 saturated heterocycles. The van der Waals surface area contributed by atoms with Gasteiger partial charge in [-0.05, 0) is 43.9 Å². The summed E-state index contributed by atoms with van der Waals surface area (Å²) in [5, 5.41) is 10.5. The van der Waals surface area contributed by atoms with Crippen LogP contribution in [0.1, 0.15) is 10.8 Å². The van der Waals surface area contributed by atoms with Crippen LogP contribution in [0, 0.1) is 0 Å². The molecule has 3 rings (SSSR count). The second kappa shape index (κ2) is 8.12. The largest absolute Gasteiger partial charge is 0.497 e. The standard InChI is InChI=1S/C20H24N2O3S/c1-21(2)12-13-22-16-6-4-5-7-17(16)26-19(18(23)20(22)24)14-8-10-15(25-3)11-9-14/h4-11,18-19,23H,12-13H2,1-3H3/t18-,19+/m1/s1. The molecule has 0 aromatic heterocycles. The summed E-state index contributed by atoms with van der Waals surface area (Å²) in [6.45, 7) is 1.26. The number of likely N-dealkylation sites (N-methyl/N-ethyl adjacent to an activating group) is 1. The number of carbonyl (C=O) groups is 1. The number of ether oxygens (including phenoxy) is 1. The zero-order valence-corrected chi connectivity index (χ0v) is 16.1. The summed E-state index contributed by atoms with van der Waals surface area (Å²) in [4.78, 5) is 17.8. The summed E-state index contributed by atoms with van der Waals surface area (Å²) >= 11 is 1.53. The van der Waals surface area contributed by atoms with Gasteiger partial charge in [-0.1, -0.05) is 24.3 Å². The van der Waals surface area contributed by atoms with Crippen LogP contribution in [0.5, 0.6) is 5.75 Å². The molecule has 26 heavy (non-hydrogen) atoms. The zero-order valence-electron chi connectivity index (χ0n) is 15.3. The van der Waals surface area contributed by atoms with Gasteiger partial charge in [0.15, 0.2) is 0 Å². The third kappa shape index (κ3) is 3.87. The van der Waals surface area contributed by atoms with Crippen LogP contribution in [0.15, 0.2) is 53.4 Å². The van der Waals surface area contributed by atoms with Gasteiger partial charge in [0.25, 0.3) is 5.91 Å². The second-order valence-electron chi connectivity index (χ2n) is 6.52. The number of aliphatic hydroxyl groups is 1. The molecule has 1 amide bonds. The van der Waals surface area contributed by atoms with Gasteiger partial charge in [0.1, 0.15) is 11.9 Å². The van der Waals surface area contributed by atoms with Crippen LogP contribution < -0.4 is 9.64 Å². The summed E-state index contributed by atoms with van der Waals surface area (Å²) in [5.41, 5.74) is 1.76. The molecule has 0 spiro atoms. The maximum absolute atomic E-state index is 13.0. The topological polar surface area (TPSA) is 53.0 Å². The summed E-state index contributed by atoms with van der Waals surface area (Å²) in [6, 6.07) is 15.4. The number of thioether (sulfide) groups is 1. The van der Waals surface area contributed by atoms with Crippen LogP contribution in [0.25, 0.3) is 0 Å². The first-order chi connectivity index (χ1) is 12.5. The Hall–Kier alpha value is -2.02. The first-order valence-electron chi connectivity index (χ1n) is 8.55. The predicted octanol–water partition coefficient (Wildman–Crippen LogP) is 2.80. The number of nitrogens with zero attached hydrogens (tertiary/aromatic N) is 2. The van der Waals surface area contributed by atoms with Crippen molar-refractivity contribution in [3.8, 4) is 5.75 Å². The lowest BCUT2D eigenvalue weighted by atomic mass is 10.1. The number of amides is 1. The monoisotopic (exact) mass is 372 g/mol. The summed E-state index contributed by atoms with van der Waals surface area (Å²) in [7, 11) is 5.56. The van der Waals surface area contributed by atoms with E-state index in [1.807, 2.05) is 67.5 Å². The molecular formula is C20H24N2O3S. The number of anilines is 1. The molecule has 5 nitrogen and oxygen atoms in total. The van der Waals surface area contributed by atoms with Gasteiger partial charge >= 0.3 is 0 Å². The van der Waals surface area contributed by atoms with Crippen molar-refractivity contribution >= 4 is 23.4 Å². The van der Waals surface area contributed by atoms with Crippen LogP contribution in [0.3, 0.4) is 0 Å². The molecule has 6 heteroatoms. The minimum atomic E-state index is -1.11. The van der Waals surface area contributed by atoms with Crippen LogP contribution in [-0.2, 0) is 4.79 Å². The van der Waals surface area contributed by atoms with E-state index in [9.17, 15) is 9.90 Å². The van der Waals surface area contributed by atoms with Gasteiger partial charge in [-0.15, -0.1) is 11.8 Å². The highest BCUT2D eigenvalue weighted by atomic mass is 32.2. The normalized spacial score (nSPS) is 20.0. The van der Waals surface area contributed by atoms with Gasteiger partial charge in [-0.25, -0.2) is 0 Å². The molecule has 1 aliphatic rings. The van der Waals surface area contributed by atoms with E-state index in [0.717, 1.165) is 28.4 Å². The summed E-state index contributed by atoms with van der Waals surface area (Å²) in [6.07, 6.45) is -1.11. The summed E-state index contributed by atoms with van der Waals surface area (Å²) < 4.78 is 5.21. The fourth-order valence-electron chi connectivity index (χ4n) is 2.96. The third-order valence-electron chi connectivity index (χ3n) is 4.43. The Balaban J connectivity index is 1.97. The smallest absolute Gasteiger partial charge is 0.257 e. The highest BCUT2D eigenvalue weighted by Crippen LogP contribution is 2.45. The van der Waals surface area contributed by atoms with E-state index in [4.69, 9.17) is 4.74 Å². The molecule has 0 bridgehead atoms. The molecule has 0 aliphatic carbocycles. The van der Waals surface area contributed by atoms with Crippen molar-refractivity contribution in [1.82, 2.24) is 4.90 Å². The predicted molar refractivity (Wildman–Crippen MR) is 105 cm³/mol.